The van der Waals surface area contributed by atoms with Crippen LogP contribution in [0.25, 0.3) is 0 Å². The lowest BCUT2D eigenvalue weighted by molar-refractivity contribution is -0.0700. The van der Waals surface area contributed by atoms with Gasteiger partial charge >= 0.3 is 0 Å². The van der Waals surface area contributed by atoms with Crippen molar-refractivity contribution in [2.45, 2.75) is 70.9 Å². The topological polar surface area (TPSA) is 69.4 Å². The lowest BCUT2D eigenvalue weighted by atomic mass is 9.94. The van der Waals surface area contributed by atoms with Gasteiger partial charge in [0.25, 0.3) is 0 Å². The van der Waals surface area contributed by atoms with E-state index in [1.54, 1.807) is 7.11 Å². The van der Waals surface area contributed by atoms with E-state index >= 15 is 0 Å². The van der Waals surface area contributed by atoms with Crippen molar-refractivity contribution in [3.63, 3.8) is 0 Å². The molecule has 0 bridgehead atoms. The SMILES string of the molecule is CO[C@@H](C)c1noc(CN[C@H]2CC(C)(C)OC2(C)C)n1. The van der Waals surface area contributed by atoms with E-state index in [1.165, 1.54) is 0 Å². The Hall–Kier alpha value is -0.980. The summed E-state index contributed by atoms with van der Waals surface area (Å²) < 4.78 is 16.4. The standard InChI is InChI=1S/C14H25N3O3/c1-9(18-6)12-16-11(19-17-12)8-15-10-7-13(2,3)20-14(10,4)5/h9-10,15H,7-8H2,1-6H3/t9-,10-/m0/s1. The summed E-state index contributed by atoms with van der Waals surface area (Å²) in [5, 5.41) is 7.37. The predicted octanol–water partition coefficient (Wildman–Crippen LogP) is 2.21. The zero-order chi connectivity index (χ0) is 15.0. The van der Waals surface area contributed by atoms with Crippen LogP contribution < -0.4 is 5.32 Å². The van der Waals surface area contributed by atoms with Gasteiger partial charge in [-0.3, -0.25) is 0 Å². The van der Waals surface area contributed by atoms with Crippen molar-refractivity contribution in [2.24, 2.45) is 0 Å². The first-order chi connectivity index (χ1) is 9.23. The first kappa shape index (κ1) is 15.4. The molecule has 0 aromatic carbocycles. The van der Waals surface area contributed by atoms with Gasteiger partial charge in [-0.05, 0) is 41.0 Å². The Morgan fingerprint density at radius 3 is 2.65 bits per heavy atom. The summed E-state index contributed by atoms with van der Waals surface area (Å²) in [6, 6.07) is 0.257. The lowest BCUT2D eigenvalue weighted by Crippen LogP contribution is -2.43. The van der Waals surface area contributed by atoms with Crippen LogP contribution in [0, 0.1) is 0 Å². The van der Waals surface area contributed by atoms with Crippen LogP contribution in [0.4, 0.5) is 0 Å². The summed E-state index contributed by atoms with van der Waals surface area (Å²) in [4.78, 5) is 4.32. The Bertz CT molecular complexity index is 456. The molecular weight excluding hydrogens is 258 g/mol. The van der Waals surface area contributed by atoms with Crippen LogP contribution in [0.1, 0.15) is 58.9 Å². The fourth-order valence-electron chi connectivity index (χ4n) is 2.70. The van der Waals surface area contributed by atoms with Crippen LogP contribution in [0.15, 0.2) is 4.52 Å². The molecule has 1 fully saturated rings. The van der Waals surface area contributed by atoms with Crippen LogP contribution in [-0.4, -0.2) is 34.5 Å². The van der Waals surface area contributed by atoms with Gasteiger partial charge in [0.05, 0.1) is 17.7 Å². The van der Waals surface area contributed by atoms with Crippen LogP contribution in [0.2, 0.25) is 0 Å². The fraction of sp³-hybridized carbons (Fsp3) is 0.857. The average Bonchev–Trinajstić information content (AvgIpc) is 2.87. The third-order valence-corrected chi connectivity index (χ3v) is 3.77. The van der Waals surface area contributed by atoms with Crippen molar-refractivity contribution in [1.29, 1.82) is 0 Å². The lowest BCUT2D eigenvalue weighted by Gasteiger charge is -2.27. The molecule has 1 aliphatic rings. The van der Waals surface area contributed by atoms with E-state index in [-0.39, 0.29) is 23.3 Å². The molecule has 6 heteroatoms. The average molecular weight is 283 g/mol. The quantitative estimate of drug-likeness (QED) is 0.893. The highest BCUT2D eigenvalue weighted by Gasteiger charge is 2.45. The zero-order valence-electron chi connectivity index (χ0n) is 13.2. The molecule has 0 spiro atoms. The molecule has 2 rings (SSSR count). The normalized spacial score (nSPS) is 25.8. The van der Waals surface area contributed by atoms with Gasteiger partial charge in [0.1, 0.15) is 6.10 Å². The Morgan fingerprint density at radius 2 is 2.10 bits per heavy atom. The van der Waals surface area contributed by atoms with E-state index < -0.39 is 0 Å². The largest absolute Gasteiger partial charge is 0.374 e. The monoisotopic (exact) mass is 283 g/mol. The molecule has 0 radical (unpaired) electrons. The minimum Gasteiger partial charge on any atom is -0.374 e. The number of nitrogens with zero attached hydrogens (tertiary/aromatic N) is 2. The highest BCUT2D eigenvalue weighted by atomic mass is 16.5. The summed E-state index contributed by atoms with van der Waals surface area (Å²) in [5.74, 6) is 1.15. The van der Waals surface area contributed by atoms with E-state index in [2.05, 4.69) is 43.2 Å². The number of hydrogen-bond acceptors (Lipinski definition) is 6. The molecule has 0 aliphatic carbocycles. The number of aromatic nitrogens is 2. The van der Waals surface area contributed by atoms with E-state index in [0.717, 1.165) is 6.42 Å². The minimum absolute atomic E-state index is 0.105. The smallest absolute Gasteiger partial charge is 0.240 e. The van der Waals surface area contributed by atoms with Crippen LogP contribution >= 0.6 is 0 Å². The molecule has 0 amide bonds. The van der Waals surface area contributed by atoms with Gasteiger partial charge in [-0.25, -0.2) is 0 Å². The van der Waals surface area contributed by atoms with Crippen molar-refractivity contribution in [3.8, 4) is 0 Å². The van der Waals surface area contributed by atoms with Crippen molar-refractivity contribution >= 4 is 0 Å². The first-order valence-corrected chi connectivity index (χ1v) is 7.02. The molecule has 20 heavy (non-hydrogen) atoms. The van der Waals surface area contributed by atoms with Crippen LogP contribution in [0.5, 0.6) is 0 Å². The van der Waals surface area contributed by atoms with Crippen molar-refractivity contribution < 1.29 is 14.0 Å². The maximum absolute atomic E-state index is 6.05. The highest BCUT2D eigenvalue weighted by Crippen LogP contribution is 2.37. The molecule has 2 atom stereocenters. The summed E-state index contributed by atoms with van der Waals surface area (Å²) in [7, 11) is 1.62. The molecule has 0 unspecified atom stereocenters. The molecular formula is C14H25N3O3. The second-order valence-electron chi connectivity index (χ2n) is 6.53. The zero-order valence-corrected chi connectivity index (χ0v) is 13.2. The molecule has 114 valence electrons. The van der Waals surface area contributed by atoms with Crippen molar-refractivity contribution in [2.75, 3.05) is 7.11 Å². The molecule has 0 saturated carbocycles. The maximum atomic E-state index is 6.05. The molecule has 1 aromatic rings. The highest BCUT2D eigenvalue weighted by molar-refractivity contribution is 4.99. The number of hydrogen-bond donors (Lipinski definition) is 1. The minimum atomic E-state index is -0.202. The van der Waals surface area contributed by atoms with Gasteiger partial charge in [-0.1, -0.05) is 5.16 Å². The van der Waals surface area contributed by atoms with E-state index in [9.17, 15) is 0 Å². The Kier molecular flexibility index (Phi) is 4.18. The van der Waals surface area contributed by atoms with Crippen LogP contribution in [0.3, 0.4) is 0 Å². The summed E-state index contributed by atoms with van der Waals surface area (Å²) in [6.07, 6.45) is 0.799. The van der Waals surface area contributed by atoms with Gasteiger partial charge < -0.3 is 19.3 Å². The summed E-state index contributed by atoms with van der Waals surface area (Å²) in [6.45, 7) is 10.9. The Balaban J connectivity index is 1.94. The second kappa shape index (κ2) is 5.42. The van der Waals surface area contributed by atoms with Gasteiger partial charge in [-0.15, -0.1) is 0 Å². The van der Waals surface area contributed by atoms with Crippen LogP contribution in [-0.2, 0) is 16.0 Å². The van der Waals surface area contributed by atoms with Crippen molar-refractivity contribution in [3.05, 3.63) is 11.7 Å². The molecule has 1 saturated heterocycles. The van der Waals surface area contributed by atoms with Gasteiger partial charge in [0.15, 0.2) is 5.82 Å². The Labute approximate surface area is 120 Å². The Morgan fingerprint density at radius 1 is 1.40 bits per heavy atom. The first-order valence-electron chi connectivity index (χ1n) is 7.02. The third-order valence-electron chi connectivity index (χ3n) is 3.77. The van der Waals surface area contributed by atoms with Gasteiger partial charge in [-0.2, -0.15) is 4.98 Å². The van der Waals surface area contributed by atoms with E-state index in [0.29, 0.717) is 18.3 Å². The third kappa shape index (κ3) is 3.37. The van der Waals surface area contributed by atoms with Gasteiger partial charge in [0, 0.05) is 13.2 Å². The van der Waals surface area contributed by atoms with E-state index in [1.807, 2.05) is 6.92 Å². The predicted molar refractivity (Wildman–Crippen MR) is 74.2 cm³/mol. The molecule has 1 aliphatic heterocycles. The summed E-state index contributed by atoms with van der Waals surface area (Å²) >= 11 is 0. The van der Waals surface area contributed by atoms with Gasteiger partial charge in [0.2, 0.25) is 5.89 Å². The number of methoxy groups -OCH3 is 1. The van der Waals surface area contributed by atoms with Crippen molar-refractivity contribution in [1.82, 2.24) is 15.5 Å². The maximum Gasteiger partial charge on any atom is 0.240 e. The summed E-state index contributed by atoms with van der Waals surface area (Å²) in [5.41, 5.74) is -0.308. The fourth-order valence-corrected chi connectivity index (χ4v) is 2.70. The molecule has 1 aromatic heterocycles. The number of ether oxygens (including phenoxy) is 2. The number of rotatable bonds is 5. The number of nitrogens with one attached hydrogen (secondary N) is 1. The molecule has 6 nitrogen and oxygen atoms in total. The van der Waals surface area contributed by atoms with E-state index in [4.69, 9.17) is 14.0 Å². The molecule has 1 N–H and O–H groups in total. The molecule has 2 heterocycles. The second-order valence-corrected chi connectivity index (χ2v) is 6.53.